The highest BCUT2D eigenvalue weighted by atomic mass is 19.1. The second-order valence-electron chi connectivity index (χ2n) is 9.96. The molecular weight excluding hydrogens is 429 g/mol. The average molecular weight is 466 g/mol. The zero-order valence-electron chi connectivity index (χ0n) is 20.0. The number of benzene rings is 2. The first kappa shape index (κ1) is 24.4. The molecule has 2 saturated carbocycles. The zero-order valence-corrected chi connectivity index (χ0v) is 20.0. The minimum atomic E-state index is -0.225. The van der Waals surface area contributed by atoms with E-state index < -0.39 is 0 Å². The quantitative estimate of drug-likeness (QED) is 0.449. The Labute approximate surface area is 201 Å². The molecule has 4 atom stereocenters. The highest BCUT2D eigenvalue weighted by Gasteiger charge is 2.30. The molecule has 6 heteroatoms. The van der Waals surface area contributed by atoms with Crippen molar-refractivity contribution in [3.05, 3.63) is 65.5 Å². The Hall–Kier alpha value is -2.73. The number of Topliss-reactive ketones (excluding diaryl/α,β-unsaturated/α-hetero) is 1. The van der Waals surface area contributed by atoms with Gasteiger partial charge in [0, 0.05) is 29.4 Å². The van der Waals surface area contributed by atoms with Gasteiger partial charge >= 0.3 is 6.03 Å². The lowest BCUT2D eigenvalue weighted by atomic mass is 9.81. The van der Waals surface area contributed by atoms with Crippen LogP contribution >= 0.6 is 0 Å². The van der Waals surface area contributed by atoms with Crippen LogP contribution in [0, 0.1) is 11.7 Å². The lowest BCUT2D eigenvalue weighted by Gasteiger charge is -2.38. The van der Waals surface area contributed by atoms with Gasteiger partial charge in [0.25, 0.3) is 0 Å². The molecule has 0 aliphatic heterocycles. The molecule has 2 aliphatic rings. The molecule has 2 aromatic rings. The molecule has 2 aliphatic carbocycles. The largest absolute Gasteiger partial charge is 0.334 e. The van der Waals surface area contributed by atoms with E-state index in [4.69, 9.17) is 0 Å². The SMILES string of the molecule is CC(=O)c1cccc(NC(=O)N[C@@H]2CCCC[C@@H]2N[C@@H]2CCC[C@H](Cc3ccc(F)cc3)C2)c1. The van der Waals surface area contributed by atoms with Crippen molar-refractivity contribution < 1.29 is 14.0 Å². The average Bonchev–Trinajstić information content (AvgIpc) is 2.82. The van der Waals surface area contributed by atoms with Gasteiger partial charge in [-0.05, 0) is 74.8 Å². The Morgan fingerprint density at radius 3 is 2.47 bits per heavy atom. The second kappa shape index (κ2) is 11.6. The van der Waals surface area contributed by atoms with Crippen LogP contribution in [0.2, 0.25) is 0 Å². The summed E-state index contributed by atoms with van der Waals surface area (Å²) in [5.74, 6) is 0.396. The Balaban J connectivity index is 1.30. The first-order valence-electron chi connectivity index (χ1n) is 12.7. The minimum absolute atomic E-state index is 0.0224. The molecule has 2 fully saturated rings. The summed E-state index contributed by atoms with van der Waals surface area (Å²) in [6, 6.07) is 14.5. The molecule has 3 N–H and O–H groups in total. The van der Waals surface area contributed by atoms with Gasteiger partial charge < -0.3 is 16.0 Å². The van der Waals surface area contributed by atoms with Crippen molar-refractivity contribution >= 4 is 17.5 Å². The van der Waals surface area contributed by atoms with Crippen LogP contribution in [0.3, 0.4) is 0 Å². The number of carbonyl (C=O) groups excluding carboxylic acids is 2. The summed E-state index contributed by atoms with van der Waals surface area (Å²) in [4.78, 5) is 24.3. The van der Waals surface area contributed by atoms with Gasteiger partial charge in [0.15, 0.2) is 5.78 Å². The van der Waals surface area contributed by atoms with Crippen molar-refractivity contribution in [1.82, 2.24) is 10.6 Å². The molecule has 4 rings (SSSR count). The summed E-state index contributed by atoms with van der Waals surface area (Å²) in [5.41, 5.74) is 2.42. The van der Waals surface area contributed by atoms with Crippen molar-refractivity contribution in [3.8, 4) is 0 Å². The van der Waals surface area contributed by atoms with Gasteiger partial charge in [0.1, 0.15) is 5.82 Å². The molecule has 5 nitrogen and oxygen atoms in total. The third kappa shape index (κ3) is 6.89. The molecule has 2 amide bonds. The third-order valence-corrected chi connectivity index (χ3v) is 7.28. The van der Waals surface area contributed by atoms with Crippen LogP contribution in [0.4, 0.5) is 14.9 Å². The Kier molecular flexibility index (Phi) is 8.33. The van der Waals surface area contributed by atoms with Crippen molar-refractivity contribution in [2.45, 2.75) is 82.8 Å². The number of halogens is 1. The van der Waals surface area contributed by atoms with E-state index in [0.29, 0.717) is 23.2 Å². The summed E-state index contributed by atoms with van der Waals surface area (Å²) in [6.07, 6.45) is 9.98. The first-order valence-corrected chi connectivity index (χ1v) is 12.7. The predicted molar refractivity (Wildman–Crippen MR) is 134 cm³/mol. The first-order chi connectivity index (χ1) is 16.5. The van der Waals surface area contributed by atoms with Crippen LogP contribution in [0.25, 0.3) is 0 Å². The normalized spacial score (nSPS) is 24.9. The number of urea groups is 1. The Bertz CT molecular complexity index is 978. The summed E-state index contributed by atoms with van der Waals surface area (Å²) in [6.45, 7) is 1.52. The fourth-order valence-corrected chi connectivity index (χ4v) is 5.54. The maximum absolute atomic E-state index is 13.2. The van der Waals surface area contributed by atoms with Crippen molar-refractivity contribution in [1.29, 1.82) is 0 Å². The highest BCUT2D eigenvalue weighted by molar-refractivity contribution is 5.96. The highest BCUT2D eigenvalue weighted by Crippen LogP contribution is 2.29. The van der Waals surface area contributed by atoms with Gasteiger partial charge in [0.05, 0.1) is 0 Å². The maximum atomic E-state index is 13.2. The van der Waals surface area contributed by atoms with Crippen LogP contribution in [-0.2, 0) is 6.42 Å². The van der Waals surface area contributed by atoms with Crippen molar-refractivity contribution in [3.63, 3.8) is 0 Å². The second-order valence-corrected chi connectivity index (χ2v) is 9.96. The number of anilines is 1. The van der Waals surface area contributed by atoms with Gasteiger partial charge in [-0.2, -0.15) is 0 Å². The molecule has 0 saturated heterocycles. The number of amides is 2. The molecule has 0 bridgehead atoms. The Morgan fingerprint density at radius 2 is 1.71 bits per heavy atom. The van der Waals surface area contributed by atoms with Gasteiger partial charge in [0.2, 0.25) is 0 Å². The molecule has 34 heavy (non-hydrogen) atoms. The summed E-state index contributed by atoms with van der Waals surface area (Å²) in [5, 5.41) is 9.95. The number of hydrogen-bond acceptors (Lipinski definition) is 3. The lowest BCUT2D eigenvalue weighted by Crippen LogP contribution is -2.55. The van der Waals surface area contributed by atoms with Gasteiger partial charge in [-0.25, -0.2) is 9.18 Å². The van der Waals surface area contributed by atoms with Gasteiger partial charge in [-0.3, -0.25) is 4.79 Å². The van der Waals surface area contributed by atoms with Crippen molar-refractivity contribution in [2.24, 2.45) is 5.92 Å². The van der Waals surface area contributed by atoms with Gasteiger partial charge in [-0.1, -0.05) is 49.9 Å². The molecule has 182 valence electrons. The van der Waals surface area contributed by atoms with Crippen LogP contribution in [0.5, 0.6) is 0 Å². The van der Waals surface area contributed by atoms with Crippen LogP contribution in [0.1, 0.15) is 74.2 Å². The maximum Gasteiger partial charge on any atom is 0.319 e. The standard InChI is InChI=1S/C28H36FN3O2/c1-19(33)22-7-5-9-25(18-22)31-28(34)32-27-11-3-2-10-26(27)30-24-8-4-6-21(17-24)16-20-12-14-23(29)15-13-20/h5,7,9,12-15,18,21,24,26-27,30H,2-4,6,8,10-11,16-17H2,1H3,(H2,31,32,34)/t21-,24-,26+,27-/m1/s1. The number of rotatable bonds is 7. The smallest absolute Gasteiger partial charge is 0.319 e. The van der Waals surface area contributed by atoms with Crippen LogP contribution < -0.4 is 16.0 Å². The minimum Gasteiger partial charge on any atom is -0.334 e. The molecular formula is C28H36FN3O2. The molecule has 0 heterocycles. The van der Waals surface area contributed by atoms with E-state index in [1.54, 1.807) is 36.4 Å². The fraction of sp³-hybridized carbons (Fsp3) is 0.500. The molecule has 0 aromatic heterocycles. The lowest BCUT2D eigenvalue weighted by molar-refractivity contribution is 0.101. The van der Waals surface area contributed by atoms with E-state index in [1.165, 1.54) is 31.7 Å². The fourth-order valence-electron chi connectivity index (χ4n) is 5.54. The summed E-state index contributed by atoms with van der Waals surface area (Å²) < 4.78 is 13.2. The van der Waals surface area contributed by atoms with E-state index in [2.05, 4.69) is 16.0 Å². The summed E-state index contributed by atoms with van der Waals surface area (Å²) in [7, 11) is 0. The van der Waals surface area contributed by atoms with Gasteiger partial charge in [-0.15, -0.1) is 0 Å². The number of ketones is 1. The van der Waals surface area contributed by atoms with E-state index >= 15 is 0 Å². The van der Waals surface area contributed by atoms with E-state index in [9.17, 15) is 14.0 Å². The Morgan fingerprint density at radius 1 is 0.941 bits per heavy atom. The third-order valence-electron chi connectivity index (χ3n) is 7.28. The van der Waals surface area contributed by atoms with E-state index in [0.717, 1.165) is 38.5 Å². The molecule has 2 aromatic carbocycles. The predicted octanol–water partition coefficient (Wildman–Crippen LogP) is 5.85. The van der Waals surface area contributed by atoms with E-state index in [-0.39, 0.29) is 29.7 Å². The topological polar surface area (TPSA) is 70.2 Å². The van der Waals surface area contributed by atoms with Crippen LogP contribution in [-0.4, -0.2) is 29.9 Å². The number of carbonyl (C=O) groups is 2. The molecule has 0 spiro atoms. The monoisotopic (exact) mass is 465 g/mol. The zero-order chi connectivity index (χ0) is 23.9. The summed E-state index contributed by atoms with van der Waals surface area (Å²) >= 11 is 0. The number of hydrogen-bond donors (Lipinski definition) is 3. The molecule has 0 radical (unpaired) electrons. The number of nitrogens with one attached hydrogen (secondary N) is 3. The van der Waals surface area contributed by atoms with E-state index in [1.807, 2.05) is 12.1 Å². The molecule has 0 unspecified atom stereocenters. The van der Waals surface area contributed by atoms with Crippen molar-refractivity contribution in [2.75, 3.05) is 5.32 Å². The van der Waals surface area contributed by atoms with Crippen LogP contribution in [0.15, 0.2) is 48.5 Å².